The van der Waals surface area contributed by atoms with Gasteiger partial charge in [-0.05, 0) is 31.4 Å². The lowest BCUT2D eigenvalue weighted by molar-refractivity contribution is 0.0323. The highest BCUT2D eigenvalue weighted by Crippen LogP contribution is 2.17. The first-order chi connectivity index (χ1) is 7.63. The first-order valence-electron chi connectivity index (χ1n) is 6.14. The van der Waals surface area contributed by atoms with Gasteiger partial charge in [0.2, 0.25) is 0 Å². The van der Waals surface area contributed by atoms with Crippen LogP contribution in [0.1, 0.15) is 43.4 Å². The van der Waals surface area contributed by atoms with Gasteiger partial charge in [-0.3, -0.25) is 0 Å². The molecule has 0 saturated carbocycles. The maximum atomic E-state index is 10.1. The van der Waals surface area contributed by atoms with Crippen molar-refractivity contribution < 1.29 is 5.11 Å². The summed E-state index contributed by atoms with van der Waals surface area (Å²) >= 11 is 1.85. The molecule has 1 rings (SSSR count). The molecule has 92 valence electrons. The van der Waals surface area contributed by atoms with Gasteiger partial charge < -0.3 is 10.4 Å². The Morgan fingerprint density at radius 3 is 2.31 bits per heavy atom. The minimum atomic E-state index is -0.537. The van der Waals surface area contributed by atoms with Gasteiger partial charge >= 0.3 is 0 Å². The van der Waals surface area contributed by atoms with Crippen LogP contribution in [0.5, 0.6) is 0 Å². The van der Waals surface area contributed by atoms with Gasteiger partial charge in [-0.15, -0.1) is 11.3 Å². The van der Waals surface area contributed by atoms with E-state index in [9.17, 15) is 5.11 Å². The normalized spacial score (nSPS) is 12.0. The van der Waals surface area contributed by atoms with Crippen molar-refractivity contribution in [2.75, 3.05) is 6.54 Å². The Balaban J connectivity index is 2.35. The molecule has 0 aliphatic heterocycles. The number of rotatable bonds is 7. The van der Waals surface area contributed by atoms with Crippen molar-refractivity contribution in [1.29, 1.82) is 0 Å². The van der Waals surface area contributed by atoms with Crippen LogP contribution in [0.2, 0.25) is 0 Å². The van der Waals surface area contributed by atoms with Gasteiger partial charge in [0.05, 0.1) is 5.60 Å². The highest BCUT2D eigenvalue weighted by atomic mass is 32.1. The average Bonchev–Trinajstić information content (AvgIpc) is 2.77. The second-order valence-electron chi connectivity index (χ2n) is 4.26. The molecule has 1 aromatic heterocycles. The monoisotopic (exact) mass is 241 g/mol. The van der Waals surface area contributed by atoms with E-state index in [4.69, 9.17) is 0 Å². The van der Waals surface area contributed by atoms with Crippen molar-refractivity contribution in [3.8, 4) is 0 Å². The molecule has 0 unspecified atom stereocenters. The number of hydrogen-bond donors (Lipinski definition) is 2. The van der Waals surface area contributed by atoms with Gasteiger partial charge in [-0.2, -0.15) is 0 Å². The molecule has 0 saturated heterocycles. The van der Waals surface area contributed by atoms with E-state index in [-0.39, 0.29) is 0 Å². The fraction of sp³-hybridized carbons (Fsp3) is 0.692. The van der Waals surface area contributed by atoms with Gasteiger partial charge in [0.15, 0.2) is 0 Å². The Kier molecular flexibility index (Phi) is 5.46. The molecule has 0 fully saturated rings. The molecular weight excluding hydrogens is 218 g/mol. The average molecular weight is 241 g/mol. The Hall–Kier alpha value is -0.380. The van der Waals surface area contributed by atoms with Crippen LogP contribution < -0.4 is 5.32 Å². The zero-order chi connectivity index (χ0) is 12.0. The number of nitrogens with one attached hydrogen (secondary N) is 1. The lowest BCUT2D eigenvalue weighted by Crippen LogP contribution is -2.39. The van der Waals surface area contributed by atoms with Crippen LogP contribution in [0.4, 0.5) is 0 Å². The summed E-state index contributed by atoms with van der Waals surface area (Å²) in [7, 11) is 0. The molecule has 1 aromatic rings. The molecule has 0 amide bonds. The number of hydrogen-bond acceptors (Lipinski definition) is 3. The first kappa shape index (κ1) is 13.7. The summed E-state index contributed by atoms with van der Waals surface area (Å²) in [5.74, 6) is 0. The second kappa shape index (κ2) is 6.38. The summed E-state index contributed by atoms with van der Waals surface area (Å²) in [6.45, 7) is 7.79. The fourth-order valence-corrected chi connectivity index (χ4v) is 2.55. The Labute approximate surface area is 103 Å². The third-order valence-corrected chi connectivity index (χ3v) is 4.36. The summed E-state index contributed by atoms with van der Waals surface area (Å²) in [4.78, 5) is 2.78. The molecule has 2 nitrogen and oxygen atoms in total. The van der Waals surface area contributed by atoms with Gasteiger partial charge in [-0.25, -0.2) is 0 Å². The van der Waals surface area contributed by atoms with E-state index in [0.29, 0.717) is 6.54 Å². The molecule has 0 atom stereocenters. The van der Waals surface area contributed by atoms with Gasteiger partial charge in [0.25, 0.3) is 0 Å². The molecule has 16 heavy (non-hydrogen) atoms. The number of thiophene rings is 1. The zero-order valence-corrected chi connectivity index (χ0v) is 11.4. The molecule has 3 heteroatoms. The van der Waals surface area contributed by atoms with Crippen LogP contribution in [0.3, 0.4) is 0 Å². The lowest BCUT2D eigenvalue weighted by Gasteiger charge is -2.25. The quantitative estimate of drug-likeness (QED) is 0.769. The summed E-state index contributed by atoms with van der Waals surface area (Å²) in [6.07, 6.45) is 2.72. The Morgan fingerprint density at radius 1 is 1.19 bits per heavy atom. The lowest BCUT2D eigenvalue weighted by atomic mass is 9.98. The van der Waals surface area contributed by atoms with E-state index in [1.807, 2.05) is 25.2 Å². The van der Waals surface area contributed by atoms with Crippen LogP contribution in [-0.4, -0.2) is 17.3 Å². The van der Waals surface area contributed by atoms with E-state index >= 15 is 0 Å². The van der Waals surface area contributed by atoms with Crippen LogP contribution in [0.15, 0.2) is 12.1 Å². The molecule has 0 aliphatic rings. The maximum absolute atomic E-state index is 10.1. The second-order valence-corrected chi connectivity index (χ2v) is 5.51. The van der Waals surface area contributed by atoms with Crippen LogP contribution >= 0.6 is 11.3 Å². The summed E-state index contributed by atoms with van der Waals surface area (Å²) in [5.41, 5.74) is -0.537. The topological polar surface area (TPSA) is 32.3 Å². The van der Waals surface area contributed by atoms with E-state index < -0.39 is 5.60 Å². The minimum absolute atomic E-state index is 0.537. The highest BCUT2D eigenvalue weighted by Gasteiger charge is 2.21. The summed E-state index contributed by atoms with van der Waals surface area (Å²) in [5, 5.41) is 13.4. The molecule has 1 heterocycles. The standard InChI is InChI=1S/C13H23NOS/c1-4-11-7-8-12(16-11)9-14-10-13(15,5-2)6-3/h7-8,14-15H,4-6,9-10H2,1-3H3. The van der Waals surface area contributed by atoms with Gasteiger partial charge in [0, 0.05) is 22.8 Å². The first-order valence-corrected chi connectivity index (χ1v) is 6.96. The van der Waals surface area contributed by atoms with E-state index in [1.165, 1.54) is 9.75 Å². The Bertz CT molecular complexity index is 305. The third kappa shape index (κ3) is 3.89. The molecule has 0 aliphatic carbocycles. The predicted octanol–water partition coefficient (Wildman–Crippen LogP) is 2.95. The minimum Gasteiger partial charge on any atom is -0.389 e. The van der Waals surface area contributed by atoms with Crippen molar-refractivity contribution in [2.24, 2.45) is 0 Å². The smallest absolute Gasteiger partial charge is 0.0766 e. The van der Waals surface area contributed by atoms with Crippen molar-refractivity contribution in [3.63, 3.8) is 0 Å². The van der Waals surface area contributed by atoms with Crippen molar-refractivity contribution >= 4 is 11.3 Å². The molecule has 0 spiro atoms. The highest BCUT2D eigenvalue weighted by molar-refractivity contribution is 7.11. The largest absolute Gasteiger partial charge is 0.389 e. The van der Waals surface area contributed by atoms with E-state index in [0.717, 1.165) is 25.8 Å². The van der Waals surface area contributed by atoms with Crippen LogP contribution in [0.25, 0.3) is 0 Å². The molecule has 0 aromatic carbocycles. The SMILES string of the molecule is CCc1ccc(CNCC(O)(CC)CC)s1. The van der Waals surface area contributed by atoms with Crippen molar-refractivity contribution in [2.45, 2.75) is 52.2 Å². The summed E-state index contributed by atoms with van der Waals surface area (Å²) in [6, 6.07) is 4.36. The predicted molar refractivity (Wildman–Crippen MR) is 70.9 cm³/mol. The molecule has 0 radical (unpaired) electrons. The van der Waals surface area contributed by atoms with Crippen LogP contribution in [0, 0.1) is 0 Å². The number of aliphatic hydroxyl groups is 1. The van der Waals surface area contributed by atoms with Gasteiger partial charge in [-0.1, -0.05) is 20.8 Å². The molecular formula is C13H23NOS. The van der Waals surface area contributed by atoms with Gasteiger partial charge in [0.1, 0.15) is 0 Å². The van der Waals surface area contributed by atoms with Crippen molar-refractivity contribution in [3.05, 3.63) is 21.9 Å². The van der Waals surface area contributed by atoms with Crippen molar-refractivity contribution in [1.82, 2.24) is 5.32 Å². The Morgan fingerprint density at radius 2 is 1.81 bits per heavy atom. The van der Waals surface area contributed by atoms with E-state index in [2.05, 4.69) is 24.4 Å². The number of aryl methyl sites for hydroxylation is 1. The summed E-state index contributed by atoms with van der Waals surface area (Å²) < 4.78 is 0. The molecule has 0 bridgehead atoms. The third-order valence-electron chi connectivity index (χ3n) is 3.14. The van der Waals surface area contributed by atoms with E-state index in [1.54, 1.807) is 0 Å². The molecule has 2 N–H and O–H groups in total. The van der Waals surface area contributed by atoms with Crippen LogP contribution in [-0.2, 0) is 13.0 Å². The fourth-order valence-electron chi connectivity index (χ4n) is 1.63. The zero-order valence-electron chi connectivity index (χ0n) is 10.5. The maximum Gasteiger partial charge on any atom is 0.0766 e.